The molecule has 6 nitrogen and oxygen atoms in total. The molecule has 0 aliphatic heterocycles. The minimum atomic E-state index is -0.943. The molecule has 0 fully saturated rings. The molecule has 8 heteroatoms. The van der Waals surface area contributed by atoms with Gasteiger partial charge in [-0.1, -0.05) is 0 Å². The van der Waals surface area contributed by atoms with Crippen LogP contribution in [0.2, 0.25) is 0 Å². The summed E-state index contributed by atoms with van der Waals surface area (Å²) in [6, 6.07) is 1.80. The van der Waals surface area contributed by atoms with E-state index in [9.17, 15) is 13.6 Å². The molecule has 0 saturated carbocycles. The van der Waals surface area contributed by atoms with E-state index in [-0.39, 0.29) is 5.56 Å². The Bertz CT molecular complexity index is 618. The molecule has 0 spiro atoms. The van der Waals surface area contributed by atoms with Crippen LogP contribution in [0.4, 0.5) is 20.2 Å². The molecular formula is C12H13F2N5O. The SMILES string of the molecule is CCn1cc(NC(=O)c2cc(F)c(NN)c(F)c2)cn1. The average molecular weight is 281 g/mol. The van der Waals surface area contributed by atoms with Gasteiger partial charge in [0.05, 0.1) is 11.9 Å². The highest BCUT2D eigenvalue weighted by molar-refractivity contribution is 6.04. The molecule has 0 unspecified atom stereocenters. The number of nitrogens with one attached hydrogen (secondary N) is 2. The first-order valence-electron chi connectivity index (χ1n) is 5.84. The maximum atomic E-state index is 13.5. The largest absolute Gasteiger partial charge is 0.319 e. The number of carbonyl (C=O) groups excluding carboxylic acids is 1. The van der Waals surface area contributed by atoms with E-state index in [0.717, 1.165) is 12.1 Å². The van der Waals surface area contributed by atoms with Crippen molar-refractivity contribution in [2.24, 2.45) is 5.84 Å². The predicted molar refractivity (Wildman–Crippen MR) is 70.0 cm³/mol. The van der Waals surface area contributed by atoms with E-state index in [1.165, 1.54) is 6.20 Å². The number of hydrazine groups is 1. The van der Waals surface area contributed by atoms with Crippen molar-refractivity contribution in [2.75, 3.05) is 10.7 Å². The summed E-state index contributed by atoms with van der Waals surface area (Å²) < 4.78 is 28.6. The van der Waals surface area contributed by atoms with Gasteiger partial charge in [-0.3, -0.25) is 15.3 Å². The van der Waals surface area contributed by atoms with E-state index in [1.54, 1.807) is 10.9 Å². The van der Waals surface area contributed by atoms with Gasteiger partial charge in [0.15, 0.2) is 11.6 Å². The van der Waals surface area contributed by atoms with E-state index in [0.29, 0.717) is 12.2 Å². The number of nitrogens with two attached hydrogens (primary N) is 1. The van der Waals surface area contributed by atoms with Gasteiger partial charge in [0.25, 0.3) is 5.91 Å². The number of nitrogens with zero attached hydrogens (tertiary/aromatic N) is 2. The summed E-state index contributed by atoms with van der Waals surface area (Å²) in [6.07, 6.45) is 3.06. The number of halogens is 2. The predicted octanol–water partition coefficient (Wildman–Crippen LogP) is 1.72. The molecule has 20 heavy (non-hydrogen) atoms. The number of hydrogen-bond acceptors (Lipinski definition) is 4. The third-order valence-electron chi connectivity index (χ3n) is 2.66. The number of benzene rings is 1. The van der Waals surface area contributed by atoms with Crippen LogP contribution in [0.25, 0.3) is 0 Å². The number of anilines is 2. The zero-order chi connectivity index (χ0) is 14.7. The van der Waals surface area contributed by atoms with Crippen LogP contribution in [0, 0.1) is 11.6 Å². The van der Waals surface area contributed by atoms with Gasteiger partial charge in [0.2, 0.25) is 0 Å². The summed E-state index contributed by atoms with van der Waals surface area (Å²) in [4.78, 5) is 11.9. The molecular weight excluding hydrogens is 268 g/mol. The smallest absolute Gasteiger partial charge is 0.255 e. The Balaban J connectivity index is 2.21. The van der Waals surface area contributed by atoms with Crippen molar-refractivity contribution in [3.8, 4) is 0 Å². The Morgan fingerprint density at radius 2 is 2.05 bits per heavy atom. The van der Waals surface area contributed by atoms with Crippen LogP contribution < -0.4 is 16.6 Å². The van der Waals surface area contributed by atoms with Crippen molar-refractivity contribution in [1.29, 1.82) is 0 Å². The molecule has 0 aliphatic rings. The number of rotatable bonds is 4. The zero-order valence-corrected chi connectivity index (χ0v) is 10.7. The molecule has 106 valence electrons. The van der Waals surface area contributed by atoms with Crippen LogP contribution in [0.15, 0.2) is 24.5 Å². The first-order chi connectivity index (χ1) is 9.55. The third kappa shape index (κ3) is 2.75. The van der Waals surface area contributed by atoms with E-state index in [4.69, 9.17) is 5.84 Å². The van der Waals surface area contributed by atoms with Gasteiger partial charge in [-0.15, -0.1) is 0 Å². The van der Waals surface area contributed by atoms with Gasteiger partial charge < -0.3 is 10.7 Å². The van der Waals surface area contributed by atoms with E-state index in [2.05, 4.69) is 10.4 Å². The second-order valence-corrected chi connectivity index (χ2v) is 4.00. The van der Waals surface area contributed by atoms with Crippen molar-refractivity contribution < 1.29 is 13.6 Å². The molecule has 4 N–H and O–H groups in total. The second kappa shape index (κ2) is 5.66. The normalized spacial score (nSPS) is 10.4. The summed E-state index contributed by atoms with van der Waals surface area (Å²) in [5.74, 6) is 2.46. The van der Waals surface area contributed by atoms with Crippen LogP contribution in [0.3, 0.4) is 0 Å². The van der Waals surface area contributed by atoms with Gasteiger partial charge in [-0.2, -0.15) is 5.10 Å². The Morgan fingerprint density at radius 1 is 1.40 bits per heavy atom. The summed E-state index contributed by atoms with van der Waals surface area (Å²) in [5, 5.41) is 6.47. The number of aryl methyl sites for hydroxylation is 1. The maximum absolute atomic E-state index is 13.5. The molecule has 1 aromatic heterocycles. The van der Waals surface area contributed by atoms with Crippen LogP contribution in [-0.4, -0.2) is 15.7 Å². The second-order valence-electron chi connectivity index (χ2n) is 4.00. The molecule has 0 aliphatic carbocycles. The van der Waals surface area contributed by atoms with Crippen molar-refractivity contribution in [3.05, 3.63) is 41.7 Å². The van der Waals surface area contributed by atoms with Crippen LogP contribution in [0.5, 0.6) is 0 Å². The van der Waals surface area contributed by atoms with Gasteiger partial charge in [0.1, 0.15) is 5.69 Å². The van der Waals surface area contributed by atoms with Gasteiger partial charge >= 0.3 is 0 Å². The average Bonchev–Trinajstić information content (AvgIpc) is 2.86. The Labute approximate surface area is 113 Å². The van der Waals surface area contributed by atoms with E-state index >= 15 is 0 Å². The molecule has 0 saturated heterocycles. The minimum Gasteiger partial charge on any atom is -0.319 e. The number of hydrogen-bond donors (Lipinski definition) is 3. The fourth-order valence-corrected chi connectivity index (χ4v) is 1.65. The lowest BCUT2D eigenvalue weighted by Gasteiger charge is -2.07. The minimum absolute atomic E-state index is 0.150. The monoisotopic (exact) mass is 281 g/mol. The first-order valence-corrected chi connectivity index (χ1v) is 5.84. The number of carbonyl (C=O) groups is 1. The Hall–Kier alpha value is -2.48. The van der Waals surface area contributed by atoms with Crippen molar-refractivity contribution in [2.45, 2.75) is 13.5 Å². The third-order valence-corrected chi connectivity index (χ3v) is 2.66. The molecule has 0 bridgehead atoms. The van der Waals surface area contributed by atoms with Crippen molar-refractivity contribution in [3.63, 3.8) is 0 Å². The number of nitrogen functional groups attached to an aromatic ring is 1. The molecule has 2 aromatic rings. The maximum Gasteiger partial charge on any atom is 0.255 e. The standard InChI is InChI=1S/C12H13F2N5O/c1-2-19-6-8(5-16-19)17-12(20)7-3-9(13)11(18-15)10(14)4-7/h3-6,18H,2,15H2,1H3,(H,17,20). The van der Waals surface area contributed by atoms with Crippen LogP contribution in [-0.2, 0) is 6.54 Å². The summed E-state index contributed by atoms with van der Waals surface area (Å²) in [7, 11) is 0. The molecule has 1 heterocycles. The summed E-state index contributed by atoms with van der Waals surface area (Å²) in [5.41, 5.74) is 1.70. The molecule has 1 aromatic carbocycles. The van der Waals surface area contributed by atoms with E-state index in [1.807, 2.05) is 12.3 Å². The lowest BCUT2D eigenvalue weighted by Crippen LogP contribution is -2.15. The fraction of sp³-hybridized carbons (Fsp3) is 0.167. The highest BCUT2D eigenvalue weighted by Crippen LogP contribution is 2.20. The lowest BCUT2D eigenvalue weighted by atomic mass is 10.1. The fourth-order valence-electron chi connectivity index (χ4n) is 1.65. The van der Waals surface area contributed by atoms with Crippen LogP contribution >= 0.6 is 0 Å². The quantitative estimate of drug-likeness (QED) is 0.588. The topological polar surface area (TPSA) is 85.0 Å². The first kappa shape index (κ1) is 13.9. The zero-order valence-electron chi connectivity index (χ0n) is 10.7. The van der Waals surface area contributed by atoms with Crippen molar-refractivity contribution in [1.82, 2.24) is 9.78 Å². The molecule has 0 radical (unpaired) electrons. The molecule has 2 rings (SSSR count). The van der Waals surface area contributed by atoms with Crippen LogP contribution in [0.1, 0.15) is 17.3 Å². The van der Waals surface area contributed by atoms with Gasteiger partial charge in [0, 0.05) is 18.3 Å². The Kier molecular flexibility index (Phi) is 3.94. The number of amides is 1. The Morgan fingerprint density at radius 3 is 2.55 bits per heavy atom. The highest BCUT2D eigenvalue weighted by Gasteiger charge is 2.15. The van der Waals surface area contributed by atoms with Gasteiger partial charge in [-0.05, 0) is 19.1 Å². The number of aromatic nitrogens is 2. The van der Waals surface area contributed by atoms with Gasteiger partial charge in [-0.25, -0.2) is 8.78 Å². The molecule has 0 atom stereocenters. The summed E-state index contributed by atoms with van der Waals surface area (Å²) >= 11 is 0. The highest BCUT2D eigenvalue weighted by atomic mass is 19.1. The van der Waals surface area contributed by atoms with Crippen molar-refractivity contribution >= 4 is 17.3 Å². The van der Waals surface area contributed by atoms with E-state index < -0.39 is 23.2 Å². The molecule has 1 amide bonds. The summed E-state index contributed by atoms with van der Waals surface area (Å²) in [6.45, 7) is 2.54. The lowest BCUT2D eigenvalue weighted by molar-refractivity contribution is 0.102.